The van der Waals surface area contributed by atoms with Gasteiger partial charge in [0.15, 0.2) is 12.2 Å². The summed E-state index contributed by atoms with van der Waals surface area (Å²) < 4.78 is 92.3. The minimum atomic E-state index is -2.22. The molecule has 7 fully saturated rings. The van der Waals surface area contributed by atoms with E-state index in [1.165, 1.54) is 21.1 Å². The largest absolute Gasteiger partial charge is 0.540 e. The van der Waals surface area contributed by atoms with Gasteiger partial charge in [-0.1, -0.05) is 114 Å². The average Bonchev–Trinajstić information content (AvgIpc) is 1.61. The zero-order valence-electron chi connectivity index (χ0n) is 78.8. The van der Waals surface area contributed by atoms with Crippen LogP contribution in [0.25, 0.3) is 33.1 Å². The van der Waals surface area contributed by atoms with Gasteiger partial charge >= 0.3 is 17.9 Å². The molecule has 3 aromatic carbocycles. The SMILES string of the molecule is CC[C@]1(F)[C@@H]2CN(C(=O)[C@H](C(C)(C)C)CC(=O)O[C@@H]3C[C@H]3CCCCCc3nc4ccc(OC)cc4nc3O2)[C@@H]1[C-]=O.CC[C@]1(F)[C@@H]2CN(C(=O)[C@H](C(C)(C)C)CC(=O)O[C@]3(C)C[C@H]3CCCCCc3nc4ccc(OC)cc4nc3O2)[C@@H]1[C-]=O.COC[C@@H]1[C@@H]2CN(C(=O)[C@H](C(C)C)CC(=O)O[C@@H]3CC4CC4[C@H]3CCCCCc3nc4ccc(OC)cc4nc3O2)[C@@H]1[C-]=O.[V].[V].[V]. The third-order valence-electron chi connectivity index (χ3n) is 29.1. The molecule has 4 saturated carbocycles. The van der Waals surface area contributed by atoms with Crippen molar-refractivity contribution in [2.75, 3.05) is 54.7 Å². The summed E-state index contributed by atoms with van der Waals surface area (Å²) in [6.45, 7) is 20.1. The Balaban J connectivity index is 0.000000189. The van der Waals surface area contributed by atoms with Crippen LogP contribution in [-0.2, 0) is 137 Å². The number of rotatable bonds is 11. The molecule has 6 aliphatic heterocycles. The first-order chi connectivity index (χ1) is 61.6. The molecular formula is C99H128F2N9O19V3-3. The predicted octanol–water partition coefficient (Wildman–Crippen LogP) is 14.5. The molecule has 2 unspecified atom stereocenters. The summed E-state index contributed by atoms with van der Waals surface area (Å²) in [5, 5.41) is 0. The zero-order valence-corrected chi connectivity index (χ0v) is 83.0. The van der Waals surface area contributed by atoms with Gasteiger partial charge < -0.3 is 76.5 Å². The second-order valence-electron chi connectivity index (χ2n) is 40.0. The van der Waals surface area contributed by atoms with Crippen molar-refractivity contribution in [3.05, 3.63) is 71.7 Å². The Kier molecular flexibility index (Phi) is 34.7. The van der Waals surface area contributed by atoms with Crippen molar-refractivity contribution in [2.24, 2.45) is 70.0 Å². The standard InChI is InChI=1S/C34H44N3O7.C33H43FN3O6.C32H41FN3O6.3V/c1-19(2)23-15-32(39)43-30-13-20-12-24(20)22(30)8-6-5-7-9-27-33(36-28-14-21(42-4)10-11-26(28)35-27)44-31-16-37(34(23)40)29(17-38)25(31)18-41-3;1-7-33(34)26(19-38)37-18-27(33)42-29-24(35-23-14-13-21(41-6)15-25(23)36-29)12-10-8-9-11-20-17-32(20,5)43-28(39)16-22(30(37)40)31(2,3)4;1-6-32(33)26(18-37)36-17-27(32)42-29-23(34-22-13-12-20(40-5)15-24(22)35-29)11-9-7-8-10-19-14-25(19)41-28(38)16-21(30(36)39)31(2,3)4;;;/h10-11,14,19-20,22-25,29-31H,5-9,12-13,15-16,18H2,1-4H3;13-15,20,22,26-27H,7-12,16-18H2,1-6H3;12-13,15,19,21,25-27H,6-11,14,16-17H2,1-5H3;;;/q3*-1;;;/t20?,22-,23+,24?,25+,29-,30-,31+;20-,22-,26-,27+,32-,33-;19-,21-,25-,26-,27+,32-;;;/m111.../s1. The number of amides is 3. The summed E-state index contributed by atoms with van der Waals surface area (Å²) in [6.07, 6.45) is 19.0. The number of hydrogen-bond acceptors (Lipinski definition) is 25. The number of carbonyl (C=O) groups is 6. The molecule has 3 radical (unpaired) electrons. The quantitative estimate of drug-likeness (QED) is 0.0660. The normalized spacial score (nSPS) is 31.1. The fourth-order valence-electron chi connectivity index (χ4n) is 20.7. The van der Waals surface area contributed by atoms with E-state index in [0.29, 0.717) is 105 Å². The smallest absolute Gasteiger partial charge is 0.307 e. The van der Waals surface area contributed by atoms with Crippen LogP contribution in [0.15, 0.2) is 54.6 Å². The number of fused-ring (bicyclic) bond motifs is 17. The number of ether oxygens (including phenoxy) is 10. The first kappa shape index (κ1) is 104. The monoisotopic (exact) mass is 1940 g/mol. The number of benzene rings is 3. The van der Waals surface area contributed by atoms with Gasteiger partial charge in [0.25, 0.3) is 0 Å². The summed E-state index contributed by atoms with van der Waals surface area (Å²) in [7, 11) is 6.29. The van der Waals surface area contributed by atoms with Gasteiger partial charge in [0.2, 0.25) is 35.4 Å². The fourth-order valence-corrected chi connectivity index (χ4v) is 20.7. The molecule has 3 aromatic heterocycles. The van der Waals surface area contributed by atoms with E-state index in [2.05, 4.69) is 6.29 Å². The second-order valence-corrected chi connectivity index (χ2v) is 40.0. The Labute approximate surface area is 808 Å². The maximum atomic E-state index is 16.9. The number of methoxy groups -OCH3 is 4. The molecule has 715 valence electrons. The van der Waals surface area contributed by atoms with Crippen molar-refractivity contribution in [1.29, 1.82) is 0 Å². The van der Waals surface area contributed by atoms with Crippen LogP contribution >= 0.6 is 0 Å². The van der Waals surface area contributed by atoms with Crippen LogP contribution in [0, 0.1) is 70.0 Å². The second kappa shape index (κ2) is 43.9. The third-order valence-corrected chi connectivity index (χ3v) is 29.1. The number of nitrogens with zero attached hydrogens (tertiary/aromatic N) is 9. The van der Waals surface area contributed by atoms with Crippen LogP contribution < -0.4 is 28.4 Å². The molecule has 0 spiro atoms. The van der Waals surface area contributed by atoms with Crippen LogP contribution in [0.5, 0.6) is 34.9 Å². The van der Waals surface area contributed by atoms with Gasteiger partial charge in [0, 0.05) is 92.8 Å². The van der Waals surface area contributed by atoms with E-state index < -0.39 is 112 Å². The predicted molar refractivity (Wildman–Crippen MR) is 473 cm³/mol. The van der Waals surface area contributed by atoms with Crippen molar-refractivity contribution in [2.45, 2.75) is 296 Å². The topological polar surface area (TPSA) is 333 Å². The zero-order chi connectivity index (χ0) is 92.3. The molecule has 20 atom stereocenters. The fraction of sp³-hybridized carbons (Fsp3) is 0.667. The molecule has 6 bridgehead atoms. The van der Waals surface area contributed by atoms with E-state index in [4.69, 9.17) is 77.3 Å². The molecule has 4 aliphatic carbocycles. The molecule has 3 amide bonds. The average molecular weight is 1940 g/mol. The number of aryl methyl sites for hydroxylation is 3. The third kappa shape index (κ3) is 23.1. The molecule has 10 aliphatic rings. The molecule has 132 heavy (non-hydrogen) atoms. The Bertz CT molecular complexity index is 5130. The van der Waals surface area contributed by atoms with Crippen molar-refractivity contribution < 1.29 is 155 Å². The molecule has 28 nitrogen and oxygen atoms in total. The summed E-state index contributed by atoms with van der Waals surface area (Å²) in [4.78, 5) is 152. The van der Waals surface area contributed by atoms with Crippen LogP contribution in [0.4, 0.5) is 8.78 Å². The number of hydrogen-bond donors (Lipinski definition) is 0. The number of halogens is 2. The van der Waals surface area contributed by atoms with Crippen molar-refractivity contribution >= 4 is 87.6 Å². The van der Waals surface area contributed by atoms with Crippen LogP contribution in [0.1, 0.15) is 228 Å². The summed E-state index contributed by atoms with van der Waals surface area (Å²) in [6, 6.07) is 12.5. The van der Waals surface area contributed by atoms with Crippen molar-refractivity contribution in [3.63, 3.8) is 0 Å². The Morgan fingerprint density at radius 3 is 1.36 bits per heavy atom. The minimum Gasteiger partial charge on any atom is -0.540 e. The molecule has 3 saturated heterocycles. The van der Waals surface area contributed by atoms with Crippen LogP contribution in [0.3, 0.4) is 0 Å². The number of carbonyl (C=O) groups excluding carboxylic acids is 9. The van der Waals surface area contributed by atoms with Gasteiger partial charge in [0.05, 0.1) is 118 Å². The summed E-state index contributed by atoms with van der Waals surface area (Å²) >= 11 is 0. The van der Waals surface area contributed by atoms with Crippen molar-refractivity contribution in [3.8, 4) is 34.9 Å². The van der Waals surface area contributed by atoms with E-state index in [1.807, 2.05) is 105 Å². The van der Waals surface area contributed by atoms with Crippen molar-refractivity contribution in [1.82, 2.24) is 44.6 Å². The summed E-state index contributed by atoms with van der Waals surface area (Å²) in [5.41, 5.74) is -0.519. The molecule has 0 N–H and O–H groups in total. The van der Waals surface area contributed by atoms with E-state index in [0.717, 1.165) is 108 Å². The first-order valence-electron chi connectivity index (χ1n) is 46.7. The van der Waals surface area contributed by atoms with E-state index in [1.54, 1.807) is 67.0 Å². The van der Waals surface area contributed by atoms with E-state index in [9.17, 15) is 43.2 Å². The van der Waals surface area contributed by atoms with E-state index in [-0.39, 0.29) is 162 Å². The Morgan fingerprint density at radius 1 is 0.477 bits per heavy atom. The van der Waals surface area contributed by atoms with Gasteiger partial charge in [-0.2, -0.15) is 0 Å². The maximum absolute atomic E-state index is 16.9. The number of esters is 3. The molecule has 33 heteroatoms. The van der Waals surface area contributed by atoms with Gasteiger partial charge in [-0.15, -0.1) is 0 Å². The Morgan fingerprint density at radius 2 is 0.917 bits per heavy atom. The number of aromatic nitrogens is 6. The minimum absolute atomic E-state index is 0. The van der Waals surface area contributed by atoms with E-state index >= 15 is 8.78 Å². The maximum Gasteiger partial charge on any atom is 0.307 e. The van der Waals surface area contributed by atoms with Gasteiger partial charge in [-0.25, -0.2) is 57.5 Å². The number of alkyl halides is 2. The molecular weight excluding hydrogens is 1810 g/mol. The first-order valence-corrected chi connectivity index (χ1v) is 46.7. The van der Waals surface area contributed by atoms with Gasteiger partial charge in [-0.3, -0.25) is 28.8 Å². The Hall–Kier alpha value is -8.12. The van der Waals surface area contributed by atoms with Gasteiger partial charge in [-0.05, 0) is 192 Å². The molecule has 16 rings (SSSR count). The van der Waals surface area contributed by atoms with Crippen LogP contribution in [-0.4, -0.2) is 219 Å². The van der Waals surface area contributed by atoms with Crippen LogP contribution in [0.2, 0.25) is 0 Å². The molecule has 9 heterocycles. The summed E-state index contributed by atoms with van der Waals surface area (Å²) in [5.74, 6) is -0.411. The molecule has 6 aromatic rings. The van der Waals surface area contributed by atoms with Gasteiger partial charge in [0.1, 0.15) is 69.6 Å².